The molecule has 0 bridgehead atoms. The zero-order chi connectivity index (χ0) is 19.6. The molecular formula is C20H38N4O3. The minimum atomic E-state index is -0.326. The van der Waals surface area contributed by atoms with Gasteiger partial charge in [-0.05, 0) is 50.7 Å². The standard InChI is InChI=1S/C20H38N4O3/c1-16(2)4-10-24-11-7-21-20(26)18(24)14-19(25)22-15-17-5-8-23(9-6-17)12-13-27-3/h16-18H,4-15H2,1-3H3,(H,21,26)(H,22,25). The predicted octanol–water partition coefficient (Wildman–Crippen LogP) is 0.698. The minimum absolute atomic E-state index is 0.00610. The van der Waals surface area contributed by atoms with E-state index in [4.69, 9.17) is 4.74 Å². The summed E-state index contributed by atoms with van der Waals surface area (Å²) in [4.78, 5) is 29.3. The van der Waals surface area contributed by atoms with Crippen molar-refractivity contribution in [1.29, 1.82) is 0 Å². The van der Waals surface area contributed by atoms with Crippen LogP contribution in [0.15, 0.2) is 0 Å². The summed E-state index contributed by atoms with van der Waals surface area (Å²) in [5.41, 5.74) is 0. The van der Waals surface area contributed by atoms with Crippen molar-refractivity contribution in [3.05, 3.63) is 0 Å². The molecule has 2 saturated heterocycles. The number of hydrogen-bond donors (Lipinski definition) is 2. The normalized spacial score (nSPS) is 22.8. The van der Waals surface area contributed by atoms with E-state index in [0.717, 1.165) is 65.1 Å². The highest BCUT2D eigenvalue weighted by Crippen LogP contribution is 2.16. The lowest BCUT2D eigenvalue weighted by Gasteiger charge is -2.35. The summed E-state index contributed by atoms with van der Waals surface area (Å²) in [7, 11) is 1.73. The van der Waals surface area contributed by atoms with Crippen molar-refractivity contribution in [2.45, 2.75) is 45.6 Å². The van der Waals surface area contributed by atoms with Gasteiger partial charge in [-0.25, -0.2) is 0 Å². The number of nitrogens with one attached hydrogen (secondary N) is 2. The van der Waals surface area contributed by atoms with Gasteiger partial charge in [-0.2, -0.15) is 0 Å². The number of amides is 2. The van der Waals surface area contributed by atoms with E-state index < -0.39 is 0 Å². The van der Waals surface area contributed by atoms with Crippen molar-refractivity contribution < 1.29 is 14.3 Å². The first-order chi connectivity index (χ1) is 13.0. The Kier molecular flexibility index (Phi) is 9.51. The Balaban J connectivity index is 1.71. The maximum atomic E-state index is 12.4. The molecule has 2 amide bonds. The molecule has 0 aliphatic carbocycles. The molecule has 1 unspecified atom stereocenters. The topological polar surface area (TPSA) is 73.9 Å². The lowest BCUT2D eigenvalue weighted by molar-refractivity contribution is -0.134. The molecule has 2 heterocycles. The van der Waals surface area contributed by atoms with E-state index in [1.807, 2.05) is 0 Å². The summed E-state index contributed by atoms with van der Waals surface area (Å²) in [6.45, 7) is 11.4. The second-order valence-electron chi connectivity index (χ2n) is 8.31. The quantitative estimate of drug-likeness (QED) is 0.582. The number of nitrogens with zero attached hydrogens (tertiary/aromatic N) is 2. The molecule has 0 saturated carbocycles. The average Bonchev–Trinajstić information content (AvgIpc) is 2.66. The molecule has 2 aliphatic heterocycles. The van der Waals surface area contributed by atoms with Gasteiger partial charge in [0.15, 0.2) is 0 Å². The zero-order valence-corrected chi connectivity index (χ0v) is 17.3. The molecule has 0 spiro atoms. The number of piperazine rings is 1. The van der Waals surface area contributed by atoms with Crippen LogP contribution in [0.5, 0.6) is 0 Å². The molecule has 7 heteroatoms. The lowest BCUT2D eigenvalue weighted by atomic mass is 9.96. The molecule has 2 aliphatic rings. The van der Waals surface area contributed by atoms with Gasteiger partial charge in [0, 0.05) is 33.3 Å². The number of piperidine rings is 1. The van der Waals surface area contributed by atoms with Crippen LogP contribution < -0.4 is 10.6 Å². The fourth-order valence-corrected chi connectivity index (χ4v) is 3.82. The zero-order valence-electron chi connectivity index (χ0n) is 17.3. The molecule has 27 heavy (non-hydrogen) atoms. The summed E-state index contributed by atoms with van der Waals surface area (Å²) in [5.74, 6) is 1.12. The Labute approximate surface area is 164 Å². The van der Waals surface area contributed by atoms with E-state index in [2.05, 4.69) is 34.3 Å². The smallest absolute Gasteiger partial charge is 0.237 e. The van der Waals surface area contributed by atoms with Crippen molar-refractivity contribution in [2.24, 2.45) is 11.8 Å². The Bertz CT molecular complexity index is 464. The van der Waals surface area contributed by atoms with Crippen LogP contribution in [0.25, 0.3) is 0 Å². The molecule has 7 nitrogen and oxygen atoms in total. The molecule has 1 atom stereocenters. The third-order valence-corrected chi connectivity index (χ3v) is 5.72. The Hall–Kier alpha value is -1.18. The molecule has 0 aromatic carbocycles. The van der Waals surface area contributed by atoms with Crippen LogP contribution in [0.2, 0.25) is 0 Å². The Morgan fingerprint density at radius 3 is 2.67 bits per heavy atom. The van der Waals surface area contributed by atoms with Crippen molar-refractivity contribution in [3.8, 4) is 0 Å². The summed E-state index contributed by atoms with van der Waals surface area (Å²) >= 11 is 0. The van der Waals surface area contributed by atoms with E-state index in [0.29, 0.717) is 18.4 Å². The maximum Gasteiger partial charge on any atom is 0.237 e. The highest BCUT2D eigenvalue weighted by molar-refractivity contribution is 5.88. The second kappa shape index (κ2) is 11.6. The predicted molar refractivity (Wildman–Crippen MR) is 106 cm³/mol. The molecule has 156 valence electrons. The molecule has 0 aromatic rings. The fourth-order valence-electron chi connectivity index (χ4n) is 3.82. The monoisotopic (exact) mass is 382 g/mol. The van der Waals surface area contributed by atoms with Gasteiger partial charge >= 0.3 is 0 Å². The number of likely N-dealkylation sites (tertiary alicyclic amines) is 1. The SMILES string of the molecule is COCCN1CCC(CNC(=O)CC2C(=O)NCCN2CCC(C)C)CC1. The van der Waals surface area contributed by atoms with Crippen LogP contribution in [0.4, 0.5) is 0 Å². The van der Waals surface area contributed by atoms with Crippen molar-refractivity contribution in [2.75, 3.05) is 59.5 Å². The van der Waals surface area contributed by atoms with Crippen LogP contribution in [0, 0.1) is 11.8 Å². The maximum absolute atomic E-state index is 12.4. The van der Waals surface area contributed by atoms with Gasteiger partial charge in [-0.1, -0.05) is 13.8 Å². The van der Waals surface area contributed by atoms with E-state index >= 15 is 0 Å². The molecule has 2 N–H and O–H groups in total. The van der Waals surface area contributed by atoms with Gasteiger partial charge < -0.3 is 20.3 Å². The first kappa shape index (κ1) is 22.1. The van der Waals surface area contributed by atoms with Crippen molar-refractivity contribution in [1.82, 2.24) is 20.4 Å². The van der Waals surface area contributed by atoms with E-state index in [9.17, 15) is 9.59 Å². The molecule has 2 rings (SSSR count). The highest BCUT2D eigenvalue weighted by Gasteiger charge is 2.31. The fraction of sp³-hybridized carbons (Fsp3) is 0.900. The van der Waals surface area contributed by atoms with Gasteiger partial charge in [0.2, 0.25) is 11.8 Å². The minimum Gasteiger partial charge on any atom is -0.383 e. The Morgan fingerprint density at radius 2 is 2.00 bits per heavy atom. The third-order valence-electron chi connectivity index (χ3n) is 5.72. The molecular weight excluding hydrogens is 344 g/mol. The van der Waals surface area contributed by atoms with Gasteiger partial charge in [0.25, 0.3) is 0 Å². The average molecular weight is 383 g/mol. The summed E-state index contributed by atoms with van der Waals surface area (Å²) in [6.07, 6.45) is 3.52. The molecule has 0 aromatic heterocycles. The Morgan fingerprint density at radius 1 is 1.26 bits per heavy atom. The number of carbonyl (C=O) groups is 2. The van der Waals surface area contributed by atoms with E-state index in [1.165, 1.54) is 0 Å². The number of hydrogen-bond acceptors (Lipinski definition) is 5. The summed E-state index contributed by atoms with van der Waals surface area (Å²) < 4.78 is 5.13. The van der Waals surface area contributed by atoms with Gasteiger partial charge in [0.05, 0.1) is 19.1 Å². The van der Waals surface area contributed by atoms with Gasteiger partial charge in [-0.3, -0.25) is 14.5 Å². The summed E-state index contributed by atoms with van der Waals surface area (Å²) in [5, 5.41) is 5.98. The highest BCUT2D eigenvalue weighted by atomic mass is 16.5. The largest absolute Gasteiger partial charge is 0.383 e. The van der Waals surface area contributed by atoms with E-state index in [-0.39, 0.29) is 24.3 Å². The van der Waals surface area contributed by atoms with E-state index in [1.54, 1.807) is 7.11 Å². The van der Waals surface area contributed by atoms with Crippen LogP contribution >= 0.6 is 0 Å². The summed E-state index contributed by atoms with van der Waals surface area (Å²) in [6, 6.07) is -0.326. The first-order valence-corrected chi connectivity index (χ1v) is 10.5. The molecule has 0 radical (unpaired) electrons. The first-order valence-electron chi connectivity index (χ1n) is 10.5. The number of methoxy groups -OCH3 is 1. The number of ether oxygens (including phenoxy) is 1. The third kappa shape index (κ3) is 7.76. The second-order valence-corrected chi connectivity index (χ2v) is 8.31. The number of carbonyl (C=O) groups excluding carboxylic acids is 2. The van der Waals surface area contributed by atoms with Crippen molar-refractivity contribution >= 4 is 11.8 Å². The number of rotatable bonds is 10. The van der Waals surface area contributed by atoms with Crippen LogP contribution in [-0.4, -0.2) is 87.2 Å². The van der Waals surface area contributed by atoms with Crippen molar-refractivity contribution in [3.63, 3.8) is 0 Å². The lowest BCUT2D eigenvalue weighted by Crippen LogP contribution is -2.56. The van der Waals surface area contributed by atoms with Crippen LogP contribution in [-0.2, 0) is 14.3 Å². The van der Waals surface area contributed by atoms with Gasteiger partial charge in [0.1, 0.15) is 0 Å². The van der Waals surface area contributed by atoms with Gasteiger partial charge in [-0.15, -0.1) is 0 Å². The van der Waals surface area contributed by atoms with Crippen LogP contribution in [0.3, 0.4) is 0 Å². The molecule has 2 fully saturated rings. The van der Waals surface area contributed by atoms with Crippen LogP contribution in [0.1, 0.15) is 39.5 Å².